The van der Waals surface area contributed by atoms with E-state index in [1.165, 1.54) is 6.92 Å². The number of hydrogen-bond donors (Lipinski definition) is 0. The Morgan fingerprint density at radius 2 is 2.09 bits per heavy atom. The van der Waals surface area contributed by atoms with Gasteiger partial charge in [-0.2, -0.15) is 0 Å². The van der Waals surface area contributed by atoms with Crippen LogP contribution < -0.4 is 0 Å². The Morgan fingerprint density at radius 1 is 1.55 bits per heavy atom. The van der Waals surface area contributed by atoms with Gasteiger partial charge in [0, 0.05) is 0 Å². The lowest BCUT2D eigenvalue weighted by Crippen LogP contribution is -2.31. The molecule has 1 atom stereocenters. The molecule has 0 aromatic heterocycles. The van der Waals surface area contributed by atoms with Gasteiger partial charge in [0.1, 0.15) is 0 Å². The molecule has 0 saturated carbocycles. The fraction of sp³-hybridized carbons (Fsp3) is 0.875. The summed E-state index contributed by atoms with van der Waals surface area (Å²) in [7, 11) is 0. The molecule has 1 unspecified atom stereocenters. The molecule has 3 heteroatoms. The molecule has 0 bridgehead atoms. The zero-order valence-corrected chi connectivity index (χ0v) is 7.32. The van der Waals surface area contributed by atoms with Crippen molar-refractivity contribution >= 4 is 5.97 Å². The number of hydrogen-bond acceptors (Lipinski definition) is 2. The molecule has 0 heterocycles. The van der Waals surface area contributed by atoms with Gasteiger partial charge >= 0.3 is 5.97 Å². The van der Waals surface area contributed by atoms with Crippen molar-refractivity contribution in [1.82, 2.24) is 0 Å². The summed E-state index contributed by atoms with van der Waals surface area (Å²) in [5.74, 6) is -0.748. The number of esters is 1. The summed E-state index contributed by atoms with van der Waals surface area (Å²) < 4.78 is 17.7. The number of alkyl halides is 1. The molecule has 0 fully saturated rings. The predicted molar refractivity (Wildman–Crippen MR) is 41.1 cm³/mol. The first kappa shape index (κ1) is 10.4. The minimum atomic E-state index is -1.81. The van der Waals surface area contributed by atoms with Crippen LogP contribution in [0.1, 0.15) is 33.6 Å². The molecule has 0 N–H and O–H groups in total. The Morgan fingerprint density at radius 3 is 2.45 bits per heavy atom. The smallest absolute Gasteiger partial charge is 0.343 e. The second-order valence-electron chi connectivity index (χ2n) is 2.69. The highest BCUT2D eigenvalue weighted by molar-refractivity contribution is 5.78. The first-order valence-electron chi connectivity index (χ1n) is 3.90. The van der Waals surface area contributed by atoms with Crippen LogP contribution in [0, 0.1) is 0 Å². The molecule has 0 amide bonds. The lowest BCUT2D eigenvalue weighted by molar-refractivity contribution is -0.156. The molecular formula is C8H15FO2. The average Bonchev–Trinajstić information content (AvgIpc) is 2.00. The molecule has 0 radical (unpaired) electrons. The summed E-state index contributed by atoms with van der Waals surface area (Å²) in [6.45, 7) is 5.03. The van der Waals surface area contributed by atoms with Crippen molar-refractivity contribution in [3.8, 4) is 0 Å². The minimum absolute atomic E-state index is 0.162. The second kappa shape index (κ2) is 4.31. The Hall–Kier alpha value is -0.600. The van der Waals surface area contributed by atoms with Gasteiger partial charge in [-0.3, -0.25) is 0 Å². The number of carbonyl (C=O) groups excluding carboxylic acids is 1. The van der Waals surface area contributed by atoms with Crippen molar-refractivity contribution in [2.24, 2.45) is 0 Å². The van der Waals surface area contributed by atoms with Crippen LogP contribution in [0.15, 0.2) is 0 Å². The molecule has 2 nitrogen and oxygen atoms in total. The second-order valence-corrected chi connectivity index (χ2v) is 2.69. The maximum absolute atomic E-state index is 13.1. The fourth-order valence-corrected chi connectivity index (χ4v) is 0.490. The highest BCUT2D eigenvalue weighted by Gasteiger charge is 2.32. The molecule has 0 aliphatic rings. The molecule has 0 saturated heterocycles. The largest absolute Gasteiger partial charge is 0.463 e. The van der Waals surface area contributed by atoms with Gasteiger partial charge in [-0.15, -0.1) is 0 Å². The normalized spacial score (nSPS) is 15.6. The van der Waals surface area contributed by atoms with Gasteiger partial charge in [0.05, 0.1) is 6.61 Å². The third kappa shape index (κ3) is 3.35. The molecular weight excluding hydrogens is 147 g/mol. The molecule has 11 heavy (non-hydrogen) atoms. The average molecular weight is 162 g/mol. The number of rotatable bonds is 4. The first-order chi connectivity index (χ1) is 5.04. The van der Waals surface area contributed by atoms with Crippen LogP contribution >= 0.6 is 0 Å². The van der Waals surface area contributed by atoms with Crippen LogP contribution in [0.5, 0.6) is 0 Å². The van der Waals surface area contributed by atoms with Gasteiger partial charge in [-0.05, 0) is 19.8 Å². The Bertz CT molecular complexity index is 132. The predicted octanol–water partition coefficient (Wildman–Crippen LogP) is 2.08. The quantitative estimate of drug-likeness (QED) is 0.591. The number of carbonyl (C=O) groups is 1. The van der Waals surface area contributed by atoms with Crippen molar-refractivity contribution in [2.45, 2.75) is 39.3 Å². The Balaban J connectivity index is 3.82. The van der Waals surface area contributed by atoms with E-state index in [0.29, 0.717) is 6.61 Å². The van der Waals surface area contributed by atoms with Crippen molar-refractivity contribution < 1.29 is 13.9 Å². The lowest BCUT2D eigenvalue weighted by atomic mass is 10.1. The van der Waals surface area contributed by atoms with E-state index < -0.39 is 11.6 Å². The Labute approximate surface area is 66.7 Å². The monoisotopic (exact) mass is 162 g/mol. The van der Waals surface area contributed by atoms with E-state index in [1.54, 1.807) is 6.92 Å². The third-order valence-electron chi connectivity index (χ3n) is 1.53. The van der Waals surface area contributed by atoms with E-state index in [0.717, 1.165) is 6.42 Å². The summed E-state index contributed by atoms with van der Waals surface area (Å²) in [6, 6.07) is 0. The SMILES string of the molecule is CCCOC(=O)C(C)(F)CC. The van der Waals surface area contributed by atoms with Crippen molar-refractivity contribution in [1.29, 1.82) is 0 Å². The standard InChI is InChI=1S/C8H15FO2/c1-4-6-11-7(10)8(3,9)5-2/h4-6H2,1-3H3. The highest BCUT2D eigenvalue weighted by Crippen LogP contribution is 2.16. The molecule has 0 aromatic carbocycles. The maximum atomic E-state index is 13.1. The van der Waals surface area contributed by atoms with E-state index >= 15 is 0 Å². The third-order valence-corrected chi connectivity index (χ3v) is 1.53. The van der Waals surface area contributed by atoms with Crippen molar-refractivity contribution in [2.75, 3.05) is 6.61 Å². The van der Waals surface area contributed by atoms with Gasteiger partial charge < -0.3 is 4.74 Å². The van der Waals surface area contributed by atoms with Crippen LogP contribution in [0.2, 0.25) is 0 Å². The number of halogens is 1. The van der Waals surface area contributed by atoms with Gasteiger partial charge in [0.15, 0.2) is 0 Å². The van der Waals surface area contributed by atoms with Gasteiger partial charge in [-0.1, -0.05) is 13.8 Å². The van der Waals surface area contributed by atoms with Crippen LogP contribution in [0.4, 0.5) is 4.39 Å². The van der Waals surface area contributed by atoms with E-state index in [9.17, 15) is 9.18 Å². The van der Waals surface area contributed by atoms with E-state index in [4.69, 9.17) is 0 Å². The maximum Gasteiger partial charge on any atom is 0.343 e. The lowest BCUT2D eigenvalue weighted by Gasteiger charge is -2.15. The van der Waals surface area contributed by atoms with E-state index in [1.807, 2.05) is 6.92 Å². The molecule has 0 aliphatic carbocycles. The molecule has 0 aromatic rings. The summed E-state index contributed by atoms with van der Waals surface area (Å²) in [5.41, 5.74) is -1.81. The minimum Gasteiger partial charge on any atom is -0.463 e. The zero-order valence-electron chi connectivity index (χ0n) is 7.32. The first-order valence-corrected chi connectivity index (χ1v) is 3.90. The van der Waals surface area contributed by atoms with Gasteiger partial charge in [0.25, 0.3) is 0 Å². The molecule has 0 aliphatic heterocycles. The highest BCUT2D eigenvalue weighted by atomic mass is 19.1. The molecule has 66 valence electrons. The fourth-order valence-electron chi connectivity index (χ4n) is 0.490. The molecule has 0 spiro atoms. The summed E-state index contributed by atoms with van der Waals surface area (Å²) in [5, 5.41) is 0. The van der Waals surface area contributed by atoms with E-state index in [-0.39, 0.29) is 6.42 Å². The van der Waals surface area contributed by atoms with Crippen LogP contribution in [-0.4, -0.2) is 18.2 Å². The van der Waals surface area contributed by atoms with Crippen LogP contribution in [0.3, 0.4) is 0 Å². The van der Waals surface area contributed by atoms with Crippen LogP contribution in [0.25, 0.3) is 0 Å². The Kier molecular flexibility index (Phi) is 4.08. The topological polar surface area (TPSA) is 26.3 Å². The van der Waals surface area contributed by atoms with Gasteiger partial charge in [-0.25, -0.2) is 9.18 Å². The van der Waals surface area contributed by atoms with Gasteiger partial charge in [0.2, 0.25) is 5.67 Å². The molecule has 0 rings (SSSR count). The van der Waals surface area contributed by atoms with Crippen LogP contribution in [-0.2, 0) is 9.53 Å². The van der Waals surface area contributed by atoms with E-state index in [2.05, 4.69) is 4.74 Å². The zero-order chi connectivity index (χ0) is 8.91. The summed E-state index contributed by atoms with van der Waals surface area (Å²) in [6.07, 6.45) is 0.890. The summed E-state index contributed by atoms with van der Waals surface area (Å²) in [4.78, 5) is 10.9. The number of ether oxygens (including phenoxy) is 1. The summed E-state index contributed by atoms with van der Waals surface area (Å²) >= 11 is 0. The van der Waals surface area contributed by atoms with Crippen molar-refractivity contribution in [3.63, 3.8) is 0 Å². The van der Waals surface area contributed by atoms with Crippen molar-refractivity contribution in [3.05, 3.63) is 0 Å².